The topological polar surface area (TPSA) is 83.8 Å². The van der Waals surface area contributed by atoms with Gasteiger partial charge in [0.2, 0.25) is 0 Å². The Morgan fingerprint density at radius 1 is 0.882 bits per heavy atom. The summed E-state index contributed by atoms with van der Waals surface area (Å²) in [5, 5.41) is 24.3. The highest BCUT2D eigenvalue weighted by Crippen LogP contribution is 2.37. The van der Waals surface area contributed by atoms with Gasteiger partial charge >= 0.3 is 0 Å². The molecule has 1 atom stereocenters. The number of hydrogen-bond acceptors (Lipinski definition) is 6. The number of hydrogen-bond donors (Lipinski definition) is 2. The SMILES string of the molecule is CC(CO)c1cncc(-c2nnc(NCc3ccccn3)c3c(-c4ccccc4)cccc23)c1. The van der Waals surface area contributed by atoms with Crippen LogP contribution in [0.4, 0.5) is 5.82 Å². The van der Waals surface area contributed by atoms with Crippen molar-refractivity contribution in [3.63, 3.8) is 0 Å². The van der Waals surface area contributed by atoms with Crippen molar-refractivity contribution in [1.82, 2.24) is 20.2 Å². The number of benzene rings is 2. The summed E-state index contributed by atoms with van der Waals surface area (Å²) in [5.41, 5.74) is 5.70. The Kier molecular flexibility index (Phi) is 6.23. The summed E-state index contributed by atoms with van der Waals surface area (Å²) in [6.45, 7) is 2.58. The summed E-state index contributed by atoms with van der Waals surface area (Å²) in [7, 11) is 0. The molecule has 0 radical (unpaired) electrons. The number of aliphatic hydroxyl groups excluding tert-OH is 1. The second-order valence-electron chi connectivity index (χ2n) is 8.26. The third-order valence-electron chi connectivity index (χ3n) is 5.93. The lowest BCUT2D eigenvalue weighted by atomic mass is 9.95. The second-order valence-corrected chi connectivity index (χ2v) is 8.26. The molecular weight excluding hydrogens is 422 g/mol. The minimum absolute atomic E-state index is 0.00846. The minimum Gasteiger partial charge on any atom is -0.396 e. The minimum atomic E-state index is -0.00846. The average molecular weight is 448 g/mol. The fourth-order valence-electron chi connectivity index (χ4n) is 4.04. The average Bonchev–Trinajstić information content (AvgIpc) is 2.92. The maximum atomic E-state index is 9.60. The molecule has 0 aliphatic carbocycles. The number of nitrogens with zero attached hydrogens (tertiary/aromatic N) is 4. The standard InChI is InChI=1S/C28H25N5O/c1-19(18-34)21-14-22(16-29-15-21)27-25-12-7-11-24(20-8-3-2-4-9-20)26(25)28(33-32-27)31-17-23-10-5-6-13-30-23/h2-16,19,34H,17-18H2,1H3,(H,31,33). The van der Waals surface area contributed by atoms with E-state index in [2.05, 4.69) is 49.7 Å². The van der Waals surface area contributed by atoms with Gasteiger partial charge in [0.05, 0.1) is 12.2 Å². The van der Waals surface area contributed by atoms with Crippen LogP contribution in [0.1, 0.15) is 24.1 Å². The van der Waals surface area contributed by atoms with Gasteiger partial charge in [-0.1, -0.05) is 61.5 Å². The molecule has 0 aliphatic rings. The van der Waals surface area contributed by atoms with Crippen LogP contribution in [0, 0.1) is 0 Å². The lowest BCUT2D eigenvalue weighted by molar-refractivity contribution is 0.273. The van der Waals surface area contributed by atoms with Crippen LogP contribution < -0.4 is 5.32 Å². The quantitative estimate of drug-likeness (QED) is 0.345. The molecule has 0 saturated carbocycles. The Bertz CT molecular complexity index is 1410. The van der Waals surface area contributed by atoms with E-state index in [0.717, 1.165) is 44.4 Å². The third-order valence-corrected chi connectivity index (χ3v) is 5.93. The molecule has 5 aromatic rings. The van der Waals surface area contributed by atoms with Crippen LogP contribution >= 0.6 is 0 Å². The summed E-state index contributed by atoms with van der Waals surface area (Å²) < 4.78 is 0. The molecule has 3 aromatic heterocycles. The normalized spacial score (nSPS) is 11.9. The van der Waals surface area contributed by atoms with Crippen LogP contribution in [-0.2, 0) is 6.54 Å². The fraction of sp³-hybridized carbons (Fsp3) is 0.143. The monoisotopic (exact) mass is 447 g/mol. The van der Waals surface area contributed by atoms with Gasteiger partial charge in [-0.15, -0.1) is 10.2 Å². The van der Waals surface area contributed by atoms with Crippen molar-refractivity contribution in [1.29, 1.82) is 0 Å². The van der Waals surface area contributed by atoms with Crippen molar-refractivity contribution in [3.8, 4) is 22.4 Å². The third kappa shape index (κ3) is 4.36. The van der Waals surface area contributed by atoms with E-state index in [1.165, 1.54) is 0 Å². The fourth-order valence-corrected chi connectivity index (χ4v) is 4.04. The Labute approximate surface area is 198 Å². The molecule has 6 nitrogen and oxygen atoms in total. The number of anilines is 1. The number of rotatable bonds is 7. The molecule has 168 valence electrons. The smallest absolute Gasteiger partial charge is 0.157 e. The van der Waals surface area contributed by atoms with Gasteiger partial charge in [0.1, 0.15) is 5.69 Å². The lowest BCUT2D eigenvalue weighted by Crippen LogP contribution is -2.06. The van der Waals surface area contributed by atoms with Gasteiger partial charge in [0.15, 0.2) is 5.82 Å². The summed E-state index contributed by atoms with van der Waals surface area (Å²) in [6.07, 6.45) is 5.37. The molecule has 2 N–H and O–H groups in total. The van der Waals surface area contributed by atoms with Gasteiger partial charge in [-0.3, -0.25) is 9.97 Å². The Balaban J connectivity index is 1.68. The maximum absolute atomic E-state index is 9.60. The van der Waals surface area contributed by atoms with Crippen molar-refractivity contribution >= 4 is 16.6 Å². The number of aliphatic hydroxyl groups is 1. The molecule has 34 heavy (non-hydrogen) atoms. The van der Waals surface area contributed by atoms with E-state index in [0.29, 0.717) is 12.4 Å². The first kappa shape index (κ1) is 21.7. The predicted molar refractivity (Wildman–Crippen MR) is 135 cm³/mol. The van der Waals surface area contributed by atoms with Crippen LogP contribution in [0.5, 0.6) is 0 Å². The highest BCUT2D eigenvalue weighted by Gasteiger charge is 2.17. The van der Waals surface area contributed by atoms with Gasteiger partial charge in [-0.05, 0) is 34.9 Å². The van der Waals surface area contributed by atoms with Gasteiger partial charge in [0, 0.05) is 47.5 Å². The highest BCUT2D eigenvalue weighted by atomic mass is 16.3. The van der Waals surface area contributed by atoms with E-state index >= 15 is 0 Å². The van der Waals surface area contributed by atoms with Crippen molar-refractivity contribution in [2.24, 2.45) is 0 Å². The van der Waals surface area contributed by atoms with Gasteiger partial charge < -0.3 is 10.4 Å². The molecule has 0 fully saturated rings. The zero-order valence-corrected chi connectivity index (χ0v) is 18.9. The Hall–Kier alpha value is -4.16. The molecule has 5 rings (SSSR count). The molecule has 0 amide bonds. The number of pyridine rings is 2. The molecule has 0 saturated heterocycles. The molecule has 6 heteroatoms. The van der Waals surface area contributed by atoms with E-state index in [1.54, 1.807) is 18.6 Å². The summed E-state index contributed by atoms with van der Waals surface area (Å²) in [5.74, 6) is 0.697. The van der Waals surface area contributed by atoms with Crippen LogP contribution in [0.25, 0.3) is 33.2 Å². The summed E-state index contributed by atoms with van der Waals surface area (Å²) in [6, 6.07) is 24.4. The zero-order chi connectivity index (χ0) is 23.3. The molecule has 0 aliphatic heterocycles. The Morgan fingerprint density at radius 3 is 2.53 bits per heavy atom. The number of nitrogens with one attached hydrogen (secondary N) is 1. The Morgan fingerprint density at radius 2 is 1.74 bits per heavy atom. The zero-order valence-electron chi connectivity index (χ0n) is 18.9. The first-order chi connectivity index (χ1) is 16.7. The second kappa shape index (κ2) is 9.77. The molecule has 3 heterocycles. The van der Waals surface area contributed by atoms with Crippen LogP contribution in [-0.4, -0.2) is 31.9 Å². The highest BCUT2D eigenvalue weighted by molar-refractivity contribution is 6.08. The molecule has 2 aromatic carbocycles. The van der Waals surface area contributed by atoms with Crippen molar-refractivity contribution in [3.05, 3.63) is 103 Å². The predicted octanol–water partition coefficient (Wildman–Crippen LogP) is 5.46. The van der Waals surface area contributed by atoms with E-state index in [1.807, 2.05) is 55.5 Å². The van der Waals surface area contributed by atoms with Crippen LogP contribution in [0.3, 0.4) is 0 Å². The molecule has 0 bridgehead atoms. The van der Waals surface area contributed by atoms with Gasteiger partial charge in [-0.2, -0.15) is 0 Å². The number of fused-ring (bicyclic) bond motifs is 1. The summed E-state index contributed by atoms with van der Waals surface area (Å²) >= 11 is 0. The number of aromatic nitrogens is 4. The van der Waals surface area contributed by atoms with E-state index in [9.17, 15) is 5.11 Å². The molecule has 0 spiro atoms. The van der Waals surface area contributed by atoms with Crippen LogP contribution in [0.15, 0.2) is 91.4 Å². The first-order valence-electron chi connectivity index (χ1n) is 11.3. The van der Waals surface area contributed by atoms with Crippen molar-refractivity contribution < 1.29 is 5.11 Å². The van der Waals surface area contributed by atoms with Gasteiger partial charge in [-0.25, -0.2) is 0 Å². The lowest BCUT2D eigenvalue weighted by Gasteiger charge is -2.15. The van der Waals surface area contributed by atoms with E-state index in [-0.39, 0.29) is 12.5 Å². The van der Waals surface area contributed by atoms with E-state index < -0.39 is 0 Å². The first-order valence-corrected chi connectivity index (χ1v) is 11.3. The molecular formula is C28H25N5O. The largest absolute Gasteiger partial charge is 0.396 e. The van der Waals surface area contributed by atoms with Crippen LogP contribution in [0.2, 0.25) is 0 Å². The van der Waals surface area contributed by atoms with Crippen molar-refractivity contribution in [2.45, 2.75) is 19.4 Å². The summed E-state index contributed by atoms with van der Waals surface area (Å²) in [4.78, 5) is 8.83. The maximum Gasteiger partial charge on any atom is 0.157 e. The molecule has 1 unspecified atom stereocenters. The van der Waals surface area contributed by atoms with Crippen molar-refractivity contribution in [2.75, 3.05) is 11.9 Å². The van der Waals surface area contributed by atoms with E-state index in [4.69, 9.17) is 0 Å². The van der Waals surface area contributed by atoms with Gasteiger partial charge in [0.25, 0.3) is 0 Å².